The molecule has 4 rings (SSSR count). The second kappa shape index (κ2) is 5.88. The van der Waals surface area contributed by atoms with E-state index in [2.05, 4.69) is 24.9 Å². The Labute approximate surface area is 138 Å². The summed E-state index contributed by atoms with van der Waals surface area (Å²) in [5.41, 5.74) is 5.88. The van der Waals surface area contributed by atoms with Gasteiger partial charge in [0.1, 0.15) is 0 Å². The van der Waals surface area contributed by atoms with E-state index in [4.69, 9.17) is 4.74 Å². The predicted molar refractivity (Wildman–Crippen MR) is 91.6 cm³/mol. The zero-order chi connectivity index (χ0) is 16.0. The number of aryl methyl sites for hydroxylation is 1. The minimum Gasteiger partial charge on any atom is -0.373 e. The average Bonchev–Trinajstić information content (AvgIpc) is 2.55. The topological polar surface area (TPSA) is 29.5 Å². The largest absolute Gasteiger partial charge is 0.373 e. The predicted octanol–water partition coefficient (Wildman–Crippen LogP) is 3.47. The number of ketones is 1. The molecular formula is C20H25NO2. The van der Waals surface area contributed by atoms with Crippen LogP contribution >= 0.6 is 0 Å². The summed E-state index contributed by atoms with van der Waals surface area (Å²) in [5.74, 6) is 0.931. The molecule has 0 bridgehead atoms. The van der Waals surface area contributed by atoms with Crippen LogP contribution in [-0.2, 0) is 4.74 Å². The third-order valence-electron chi connectivity index (χ3n) is 5.85. The molecule has 1 aromatic rings. The Morgan fingerprint density at radius 3 is 2.78 bits per heavy atom. The van der Waals surface area contributed by atoms with Gasteiger partial charge < -0.3 is 9.64 Å². The molecule has 0 N–H and O–H groups in total. The minimum absolute atomic E-state index is 0.284. The summed E-state index contributed by atoms with van der Waals surface area (Å²) < 4.78 is 6.28. The first kappa shape index (κ1) is 15.1. The van der Waals surface area contributed by atoms with Gasteiger partial charge in [-0.25, -0.2) is 0 Å². The highest BCUT2D eigenvalue weighted by molar-refractivity contribution is 6.06. The number of likely N-dealkylation sites (tertiary alicyclic amines) is 1. The summed E-state index contributed by atoms with van der Waals surface area (Å²) in [6.07, 6.45) is 4.28. The van der Waals surface area contributed by atoms with Crippen LogP contribution < -0.4 is 0 Å². The van der Waals surface area contributed by atoms with Gasteiger partial charge in [-0.15, -0.1) is 0 Å². The maximum Gasteiger partial charge on any atom is 0.167 e. The van der Waals surface area contributed by atoms with Crippen molar-refractivity contribution >= 4 is 11.4 Å². The molecule has 0 saturated carbocycles. The van der Waals surface area contributed by atoms with Crippen LogP contribution in [-0.4, -0.2) is 43.5 Å². The number of ether oxygens (including phenoxy) is 1. The number of fused-ring (bicyclic) bond motifs is 2. The molecule has 1 saturated heterocycles. The van der Waals surface area contributed by atoms with Crippen molar-refractivity contribution in [2.24, 2.45) is 5.92 Å². The molecule has 0 radical (unpaired) electrons. The Bertz CT molecular complexity index is 668. The summed E-state index contributed by atoms with van der Waals surface area (Å²) in [7, 11) is 2.19. The maximum absolute atomic E-state index is 12.5. The number of carbonyl (C=O) groups excluding carboxylic acids is 1. The van der Waals surface area contributed by atoms with Gasteiger partial charge in [-0.3, -0.25) is 4.79 Å². The molecule has 3 nitrogen and oxygen atoms in total. The van der Waals surface area contributed by atoms with Crippen molar-refractivity contribution in [1.82, 2.24) is 4.90 Å². The third-order valence-corrected chi connectivity index (χ3v) is 5.85. The Morgan fingerprint density at radius 1 is 1.22 bits per heavy atom. The fraction of sp³-hybridized carbons (Fsp3) is 0.550. The number of rotatable bonds is 1. The van der Waals surface area contributed by atoms with E-state index in [9.17, 15) is 4.79 Å². The molecule has 3 heteroatoms. The number of Topliss-reactive ketones (excluding diaryl/α,β-unsaturated/α-hetero) is 1. The summed E-state index contributed by atoms with van der Waals surface area (Å²) in [5, 5.41) is 0. The van der Waals surface area contributed by atoms with Gasteiger partial charge in [-0.05, 0) is 68.9 Å². The highest BCUT2D eigenvalue weighted by atomic mass is 16.5. The minimum atomic E-state index is 0.284. The Morgan fingerprint density at radius 2 is 2.00 bits per heavy atom. The molecule has 1 aliphatic carbocycles. The van der Waals surface area contributed by atoms with Crippen molar-refractivity contribution in [3.05, 3.63) is 40.5 Å². The Kier molecular flexibility index (Phi) is 3.86. The lowest BCUT2D eigenvalue weighted by atomic mass is 9.77. The van der Waals surface area contributed by atoms with Gasteiger partial charge in [0, 0.05) is 12.0 Å². The molecule has 1 aromatic carbocycles. The van der Waals surface area contributed by atoms with Gasteiger partial charge in [0.15, 0.2) is 5.78 Å². The monoisotopic (exact) mass is 311 g/mol. The molecule has 1 fully saturated rings. The van der Waals surface area contributed by atoms with Gasteiger partial charge in [0.05, 0.1) is 12.7 Å². The number of piperidine rings is 1. The van der Waals surface area contributed by atoms with E-state index >= 15 is 0 Å². The highest BCUT2D eigenvalue weighted by Crippen LogP contribution is 2.41. The van der Waals surface area contributed by atoms with Crippen molar-refractivity contribution in [3.8, 4) is 0 Å². The van der Waals surface area contributed by atoms with Crippen LogP contribution in [0.4, 0.5) is 0 Å². The van der Waals surface area contributed by atoms with Gasteiger partial charge >= 0.3 is 0 Å². The van der Waals surface area contributed by atoms with Crippen LogP contribution in [0.15, 0.2) is 23.8 Å². The number of hydrogen-bond donors (Lipinski definition) is 0. The number of benzene rings is 1. The van der Waals surface area contributed by atoms with Gasteiger partial charge in [0.2, 0.25) is 0 Å². The molecule has 0 aromatic heterocycles. The normalized spacial score (nSPS) is 26.2. The van der Waals surface area contributed by atoms with Crippen LogP contribution in [0, 0.1) is 12.8 Å². The quantitative estimate of drug-likeness (QED) is 0.795. The molecule has 0 amide bonds. The first-order chi connectivity index (χ1) is 11.1. The standard InChI is InChI=1S/C20H25NO2/c1-13-4-3-5-16-18(22)10-15-11-19(23-12-17(15)20(13)16)14-6-8-21(2)9-7-14/h3-5,14,19H,6-12H2,1-2H3. The lowest BCUT2D eigenvalue weighted by molar-refractivity contribution is 0.00265. The van der Waals surface area contributed by atoms with E-state index in [0.29, 0.717) is 25.0 Å². The van der Waals surface area contributed by atoms with Gasteiger partial charge in [-0.2, -0.15) is 0 Å². The van der Waals surface area contributed by atoms with Crippen molar-refractivity contribution in [2.45, 2.75) is 38.7 Å². The van der Waals surface area contributed by atoms with Crippen molar-refractivity contribution in [1.29, 1.82) is 0 Å². The summed E-state index contributed by atoms with van der Waals surface area (Å²) >= 11 is 0. The molecule has 1 atom stereocenters. The molecule has 2 aliphatic heterocycles. The Balaban J connectivity index is 1.61. The van der Waals surface area contributed by atoms with Gasteiger partial charge in [0.25, 0.3) is 0 Å². The lowest BCUT2D eigenvalue weighted by Gasteiger charge is -2.39. The summed E-state index contributed by atoms with van der Waals surface area (Å²) in [4.78, 5) is 14.9. The molecule has 1 unspecified atom stereocenters. The van der Waals surface area contributed by atoms with Crippen molar-refractivity contribution < 1.29 is 9.53 Å². The number of nitrogens with zero attached hydrogens (tertiary/aromatic N) is 1. The van der Waals surface area contributed by atoms with Crippen molar-refractivity contribution in [2.75, 3.05) is 26.7 Å². The maximum atomic E-state index is 12.5. The molecule has 2 heterocycles. The van der Waals surface area contributed by atoms with Crippen LogP contribution in [0.5, 0.6) is 0 Å². The van der Waals surface area contributed by atoms with E-state index in [-0.39, 0.29) is 5.78 Å². The SMILES string of the molecule is Cc1cccc2c1C1=C(CC2=O)CC(C2CCN(C)CC2)OC1. The molecule has 0 spiro atoms. The van der Waals surface area contributed by atoms with E-state index in [1.54, 1.807) is 0 Å². The molecular weight excluding hydrogens is 286 g/mol. The second-order valence-electron chi connectivity index (χ2n) is 7.37. The number of hydrogen-bond acceptors (Lipinski definition) is 3. The zero-order valence-electron chi connectivity index (χ0n) is 14.1. The van der Waals surface area contributed by atoms with Crippen molar-refractivity contribution in [3.63, 3.8) is 0 Å². The second-order valence-corrected chi connectivity index (χ2v) is 7.37. The van der Waals surface area contributed by atoms with E-state index in [1.807, 2.05) is 12.1 Å². The lowest BCUT2D eigenvalue weighted by Crippen LogP contribution is -2.39. The van der Waals surface area contributed by atoms with E-state index < -0.39 is 0 Å². The molecule has 23 heavy (non-hydrogen) atoms. The summed E-state index contributed by atoms with van der Waals surface area (Å²) in [6.45, 7) is 5.11. The molecule has 122 valence electrons. The Hall–Kier alpha value is -1.45. The van der Waals surface area contributed by atoms with Crippen LogP contribution in [0.2, 0.25) is 0 Å². The fourth-order valence-corrected chi connectivity index (χ4v) is 4.44. The van der Waals surface area contributed by atoms with E-state index in [1.165, 1.54) is 29.6 Å². The molecule has 3 aliphatic rings. The van der Waals surface area contributed by atoms with Crippen LogP contribution in [0.3, 0.4) is 0 Å². The fourth-order valence-electron chi connectivity index (χ4n) is 4.44. The van der Waals surface area contributed by atoms with E-state index in [0.717, 1.165) is 30.6 Å². The average molecular weight is 311 g/mol. The third kappa shape index (κ3) is 2.66. The highest BCUT2D eigenvalue weighted by Gasteiger charge is 2.35. The smallest absolute Gasteiger partial charge is 0.167 e. The first-order valence-corrected chi connectivity index (χ1v) is 8.77. The summed E-state index contributed by atoms with van der Waals surface area (Å²) in [6, 6.07) is 6.06. The first-order valence-electron chi connectivity index (χ1n) is 8.77. The van der Waals surface area contributed by atoms with Crippen LogP contribution in [0.1, 0.15) is 47.2 Å². The van der Waals surface area contributed by atoms with Crippen LogP contribution in [0.25, 0.3) is 5.57 Å². The van der Waals surface area contributed by atoms with Gasteiger partial charge in [-0.1, -0.05) is 23.8 Å². The number of carbonyl (C=O) groups is 1. The zero-order valence-corrected chi connectivity index (χ0v) is 14.1.